The number of carboxylic acids is 1. The predicted octanol–water partition coefficient (Wildman–Crippen LogP) is 2.10. The highest BCUT2D eigenvalue weighted by Crippen LogP contribution is 2.24. The number of halogens is 2. The molecule has 2 aromatic rings. The topological polar surface area (TPSA) is 80.9 Å². The standard InChI is InChI=1S/C9H6ClIN4O2S/c10-5-1-2-7(6(11)3-5)15-9(12-13-14-15)18-4-8(16)17/h1-3H,4H2,(H,16,17). The Balaban J connectivity index is 2.33. The lowest BCUT2D eigenvalue weighted by Gasteiger charge is -2.05. The summed E-state index contributed by atoms with van der Waals surface area (Å²) in [5, 5.41) is 20.9. The molecule has 0 bridgehead atoms. The fourth-order valence-electron chi connectivity index (χ4n) is 1.20. The Morgan fingerprint density at radius 2 is 2.33 bits per heavy atom. The molecule has 6 nitrogen and oxygen atoms in total. The Labute approximate surface area is 125 Å². The van der Waals surface area contributed by atoms with Crippen LogP contribution in [0.4, 0.5) is 0 Å². The van der Waals surface area contributed by atoms with E-state index in [1.807, 2.05) is 0 Å². The molecule has 1 aromatic heterocycles. The van der Waals surface area contributed by atoms with Gasteiger partial charge in [-0.1, -0.05) is 23.4 Å². The van der Waals surface area contributed by atoms with Crippen molar-refractivity contribution in [1.29, 1.82) is 0 Å². The van der Waals surface area contributed by atoms with E-state index in [4.69, 9.17) is 16.7 Å². The van der Waals surface area contributed by atoms with Gasteiger partial charge in [-0.25, -0.2) is 0 Å². The predicted molar refractivity (Wildman–Crippen MR) is 75.2 cm³/mol. The van der Waals surface area contributed by atoms with Crippen LogP contribution in [-0.2, 0) is 4.79 Å². The molecule has 0 atom stereocenters. The minimum atomic E-state index is -0.916. The van der Waals surface area contributed by atoms with Crippen molar-refractivity contribution >= 4 is 51.9 Å². The lowest BCUT2D eigenvalue weighted by molar-refractivity contribution is -0.133. The second kappa shape index (κ2) is 5.85. The smallest absolute Gasteiger partial charge is 0.313 e. The van der Waals surface area contributed by atoms with Crippen LogP contribution in [0.15, 0.2) is 23.4 Å². The number of aliphatic carboxylic acids is 1. The lowest BCUT2D eigenvalue weighted by Crippen LogP contribution is -2.04. The largest absolute Gasteiger partial charge is 0.481 e. The molecule has 0 saturated carbocycles. The number of thioether (sulfide) groups is 1. The summed E-state index contributed by atoms with van der Waals surface area (Å²) < 4.78 is 2.37. The summed E-state index contributed by atoms with van der Waals surface area (Å²) in [7, 11) is 0. The van der Waals surface area contributed by atoms with Crippen molar-refractivity contribution < 1.29 is 9.90 Å². The molecular formula is C9H6ClIN4O2S. The summed E-state index contributed by atoms with van der Waals surface area (Å²) in [6.07, 6.45) is 0. The van der Waals surface area contributed by atoms with Gasteiger partial charge in [0.05, 0.1) is 11.4 Å². The Hall–Kier alpha value is -0.870. The van der Waals surface area contributed by atoms with Gasteiger partial charge in [-0.05, 0) is 51.2 Å². The maximum atomic E-state index is 10.5. The summed E-state index contributed by atoms with van der Waals surface area (Å²) in [5.41, 5.74) is 0.762. The van der Waals surface area contributed by atoms with Crippen LogP contribution < -0.4 is 0 Å². The summed E-state index contributed by atoms with van der Waals surface area (Å²) in [4.78, 5) is 10.5. The first kappa shape index (κ1) is 13.6. The van der Waals surface area contributed by atoms with Gasteiger partial charge in [-0.15, -0.1) is 5.10 Å². The molecule has 0 unspecified atom stereocenters. The van der Waals surface area contributed by atoms with Gasteiger partial charge in [0.15, 0.2) is 0 Å². The van der Waals surface area contributed by atoms with Crippen LogP contribution in [0.25, 0.3) is 5.69 Å². The average Bonchev–Trinajstić information content (AvgIpc) is 2.74. The van der Waals surface area contributed by atoms with Crippen LogP contribution in [0.2, 0.25) is 5.02 Å². The fourth-order valence-corrected chi connectivity index (χ4v) is 2.90. The molecule has 1 heterocycles. The molecule has 0 fully saturated rings. The van der Waals surface area contributed by atoms with Gasteiger partial charge in [-0.2, -0.15) is 4.68 Å². The highest BCUT2D eigenvalue weighted by Gasteiger charge is 2.13. The SMILES string of the molecule is O=C(O)CSc1nnnn1-c1ccc(Cl)cc1I. The van der Waals surface area contributed by atoms with Gasteiger partial charge >= 0.3 is 5.97 Å². The van der Waals surface area contributed by atoms with Gasteiger partial charge < -0.3 is 5.11 Å². The van der Waals surface area contributed by atoms with E-state index in [0.717, 1.165) is 21.0 Å². The van der Waals surface area contributed by atoms with Crippen LogP contribution in [-0.4, -0.2) is 37.0 Å². The maximum absolute atomic E-state index is 10.5. The van der Waals surface area contributed by atoms with Crippen molar-refractivity contribution in [2.24, 2.45) is 0 Å². The second-order valence-corrected chi connectivity index (χ2v) is 5.69. The number of hydrogen-bond donors (Lipinski definition) is 1. The summed E-state index contributed by atoms with van der Waals surface area (Å²) >= 11 is 9.05. The van der Waals surface area contributed by atoms with Crippen LogP contribution in [0.5, 0.6) is 0 Å². The zero-order valence-electron chi connectivity index (χ0n) is 8.75. The number of carboxylic acid groups (broad SMARTS) is 1. The minimum absolute atomic E-state index is 0.0927. The van der Waals surface area contributed by atoms with E-state index in [-0.39, 0.29) is 5.75 Å². The first-order valence-corrected chi connectivity index (χ1v) is 7.10. The van der Waals surface area contributed by atoms with E-state index in [9.17, 15) is 4.79 Å². The first-order valence-electron chi connectivity index (χ1n) is 4.66. The third-order valence-corrected chi connectivity index (χ3v) is 3.91. The number of benzene rings is 1. The molecule has 0 radical (unpaired) electrons. The molecule has 2 rings (SSSR count). The quantitative estimate of drug-likeness (QED) is 0.630. The van der Waals surface area contributed by atoms with E-state index in [1.165, 1.54) is 4.68 Å². The molecular weight excluding hydrogens is 391 g/mol. The Bertz CT molecular complexity index is 592. The number of aromatic nitrogens is 4. The van der Waals surface area contributed by atoms with E-state index >= 15 is 0 Å². The highest BCUT2D eigenvalue weighted by atomic mass is 127. The van der Waals surface area contributed by atoms with Gasteiger partial charge in [-0.3, -0.25) is 4.79 Å². The molecule has 0 aliphatic heterocycles. The number of nitrogens with zero attached hydrogens (tertiary/aromatic N) is 4. The van der Waals surface area contributed by atoms with Gasteiger partial charge in [0.2, 0.25) is 5.16 Å². The zero-order valence-corrected chi connectivity index (χ0v) is 12.5. The van der Waals surface area contributed by atoms with E-state index in [0.29, 0.717) is 10.2 Å². The van der Waals surface area contributed by atoms with Gasteiger partial charge in [0.1, 0.15) is 0 Å². The average molecular weight is 397 g/mol. The third kappa shape index (κ3) is 3.12. The summed E-state index contributed by atoms with van der Waals surface area (Å²) in [6.45, 7) is 0. The first-order chi connectivity index (χ1) is 8.58. The number of carbonyl (C=O) groups is 1. The van der Waals surface area contributed by atoms with Crippen LogP contribution in [0, 0.1) is 3.57 Å². The molecule has 0 amide bonds. The Kier molecular flexibility index (Phi) is 4.40. The molecule has 1 N–H and O–H groups in total. The minimum Gasteiger partial charge on any atom is -0.481 e. The van der Waals surface area contributed by atoms with Crippen molar-refractivity contribution in [3.63, 3.8) is 0 Å². The number of hydrogen-bond acceptors (Lipinski definition) is 5. The molecule has 94 valence electrons. The second-order valence-electron chi connectivity index (χ2n) is 3.15. The molecule has 1 aromatic carbocycles. The van der Waals surface area contributed by atoms with Crippen LogP contribution in [0.3, 0.4) is 0 Å². The Morgan fingerprint density at radius 1 is 1.56 bits per heavy atom. The van der Waals surface area contributed by atoms with Crippen molar-refractivity contribution in [1.82, 2.24) is 20.2 Å². The Morgan fingerprint density at radius 3 is 3.00 bits per heavy atom. The molecule has 0 aliphatic carbocycles. The van der Waals surface area contributed by atoms with Crippen LogP contribution in [0.1, 0.15) is 0 Å². The normalized spacial score (nSPS) is 10.6. The van der Waals surface area contributed by atoms with Crippen molar-refractivity contribution in [3.05, 3.63) is 26.8 Å². The molecule has 0 saturated heterocycles. The fraction of sp³-hybridized carbons (Fsp3) is 0.111. The molecule has 9 heteroatoms. The van der Waals surface area contributed by atoms with E-state index < -0.39 is 5.97 Å². The van der Waals surface area contributed by atoms with Gasteiger partial charge in [0.25, 0.3) is 0 Å². The van der Waals surface area contributed by atoms with Crippen molar-refractivity contribution in [2.45, 2.75) is 5.16 Å². The van der Waals surface area contributed by atoms with E-state index in [1.54, 1.807) is 18.2 Å². The lowest BCUT2D eigenvalue weighted by atomic mass is 10.3. The van der Waals surface area contributed by atoms with Gasteiger partial charge in [0, 0.05) is 8.59 Å². The summed E-state index contributed by atoms with van der Waals surface area (Å²) in [5.74, 6) is -1.01. The molecule has 0 spiro atoms. The van der Waals surface area contributed by atoms with Crippen molar-refractivity contribution in [3.8, 4) is 5.69 Å². The highest BCUT2D eigenvalue weighted by molar-refractivity contribution is 14.1. The maximum Gasteiger partial charge on any atom is 0.313 e. The molecule has 0 aliphatic rings. The third-order valence-electron chi connectivity index (χ3n) is 1.90. The number of tetrazole rings is 1. The van der Waals surface area contributed by atoms with E-state index in [2.05, 4.69) is 38.1 Å². The van der Waals surface area contributed by atoms with Crippen LogP contribution >= 0.6 is 46.0 Å². The summed E-state index contributed by atoms with van der Waals surface area (Å²) in [6, 6.07) is 5.29. The monoisotopic (exact) mass is 396 g/mol. The number of rotatable bonds is 4. The zero-order chi connectivity index (χ0) is 13.1. The van der Waals surface area contributed by atoms with Crippen molar-refractivity contribution in [2.75, 3.05) is 5.75 Å². The molecule has 18 heavy (non-hydrogen) atoms.